The number of hydrogen-bond acceptors (Lipinski definition) is 4. The Balaban J connectivity index is 1.54. The number of nitrogens with one attached hydrogen (secondary N) is 1. The zero-order valence-corrected chi connectivity index (χ0v) is 17.9. The van der Waals surface area contributed by atoms with Crippen LogP contribution in [-0.2, 0) is 11.3 Å². The highest BCUT2D eigenvalue weighted by molar-refractivity contribution is 5.92. The number of aryl methyl sites for hydroxylation is 2. The van der Waals surface area contributed by atoms with E-state index in [4.69, 9.17) is 4.74 Å². The molecule has 6 nitrogen and oxygen atoms in total. The zero-order valence-electron chi connectivity index (χ0n) is 17.9. The Kier molecular flexibility index (Phi) is 6.12. The lowest BCUT2D eigenvalue weighted by Crippen LogP contribution is -2.29. The molecule has 0 unspecified atom stereocenters. The van der Waals surface area contributed by atoms with Gasteiger partial charge in [0.15, 0.2) is 5.75 Å². The highest BCUT2D eigenvalue weighted by Gasteiger charge is 2.12. The van der Waals surface area contributed by atoms with Gasteiger partial charge < -0.3 is 10.1 Å². The molecule has 0 atom stereocenters. The molecule has 0 saturated heterocycles. The van der Waals surface area contributed by atoms with Crippen LogP contribution in [0, 0.1) is 13.8 Å². The van der Waals surface area contributed by atoms with Crippen LogP contribution in [0.5, 0.6) is 11.5 Å². The Morgan fingerprint density at radius 1 is 0.938 bits per heavy atom. The summed E-state index contributed by atoms with van der Waals surface area (Å²) in [4.78, 5) is 25.1. The lowest BCUT2D eigenvalue weighted by Gasteiger charge is -2.13. The molecule has 0 aliphatic carbocycles. The van der Waals surface area contributed by atoms with Crippen molar-refractivity contribution in [3.8, 4) is 22.8 Å². The molecule has 0 fully saturated rings. The van der Waals surface area contributed by atoms with Crippen molar-refractivity contribution in [1.82, 2.24) is 9.78 Å². The molecule has 32 heavy (non-hydrogen) atoms. The zero-order chi connectivity index (χ0) is 22.5. The third-order valence-electron chi connectivity index (χ3n) is 4.96. The lowest BCUT2D eigenvalue weighted by atomic mass is 10.0. The molecular weight excluding hydrogens is 402 g/mol. The number of aromatic nitrogens is 2. The van der Waals surface area contributed by atoms with Crippen molar-refractivity contribution >= 4 is 11.6 Å². The molecule has 0 aliphatic heterocycles. The normalized spacial score (nSPS) is 10.6. The second kappa shape index (κ2) is 9.31. The number of carbonyl (C=O) groups is 1. The number of amides is 1. The Labute approximate surface area is 186 Å². The van der Waals surface area contributed by atoms with Gasteiger partial charge in [-0.2, -0.15) is 5.10 Å². The molecule has 6 heteroatoms. The summed E-state index contributed by atoms with van der Waals surface area (Å²) in [7, 11) is 0. The summed E-state index contributed by atoms with van der Waals surface area (Å²) in [5.41, 5.74) is 3.89. The van der Waals surface area contributed by atoms with Crippen LogP contribution < -0.4 is 15.6 Å². The van der Waals surface area contributed by atoms with Gasteiger partial charge in [-0.25, -0.2) is 4.68 Å². The number of hydrogen-bond donors (Lipinski definition) is 1. The highest BCUT2D eigenvalue weighted by Crippen LogP contribution is 2.29. The number of rotatable bonds is 6. The summed E-state index contributed by atoms with van der Waals surface area (Å²) in [6.07, 6.45) is 0. The quantitative estimate of drug-likeness (QED) is 0.474. The predicted molar refractivity (Wildman–Crippen MR) is 125 cm³/mol. The Hall–Kier alpha value is -4.19. The average molecular weight is 425 g/mol. The van der Waals surface area contributed by atoms with Gasteiger partial charge in [0.2, 0.25) is 5.91 Å². The number of carbonyl (C=O) groups excluding carboxylic acids is 1. The van der Waals surface area contributed by atoms with Crippen LogP contribution in [0.15, 0.2) is 89.7 Å². The van der Waals surface area contributed by atoms with E-state index in [2.05, 4.69) is 10.4 Å². The third-order valence-corrected chi connectivity index (χ3v) is 4.96. The molecule has 0 radical (unpaired) electrons. The van der Waals surface area contributed by atoms with Crippen molar-refractivity contribution in [3.05, 3.63) is 106 Å². The minimum absolute atomic E-state index is 0.211. The predicted octanol–water partition coefficient (Wildman–Crippen LogP) is 4.96. The van der Waals surface area contributed by atoms with Crippen LogP contribution in [0.25, 0.3) is 11.3 Å². The van der Waals surface area contributed by atoms with Gasteiger partial charge in [-0.1, -0.05) is 48.0 Å². The molecule has 1 N–H and O–H groups in total. The van der Waals surface area contributed by atoms with E-state index in [1.807, 2.05) is 68.4 Å². The first-order chi connectivity index (χ1) is 15.5. The average Bonchev–Trinajstić information content (AvgIpc) is 2.79. The maximum atomic E-state index is 12.7. The summed E-state index contributed by atoms with van der Waals surface area (Å²) in [5.74, 6) is 0.798. The van der Waals surface area contributed by atoms with E-state index in [-0.39, 0.29) is 18.0 Å². The van der Waals surface area contributed by atoms with Crippen LogP contribution >= 0.6 is 0 Å². The smallest absolute Gasteiger partial charge is 0.267 e. The van der Waals surface area contributed by atoms with Crippen molar-refractivity contribution in [2.24, 2.45) is 0 Å². The third kappa shape index (κ3) is 4.92. The van der Waals surface area contributed by atoms with E-state index >= 15 is 0 Å². The SMILES string of the molecule is Cc1ccc(C)c(-c2ccc(=O)n(CC(=O)Nc3ccccc3Oc3ccccc3)n2)c1. The molecule has 0 aliphatic rings. The molecule has 160 valence electrons. The van der Waals surface area contributed by atoms with Gasteiger partial charge >= 0.3 is 0 Å². The molecule has 4 aromatic rings. The van der Waals surface area contributed by atoms with Gasteiger partial charge in [-0.3, -0.25) is 9.59 Å². The number of nitrogens with zero attached hydrogens (tertiary/aromatic N) is 2. The van der Waals surface area contributed by atoms with E-state index in [1.54, 1.807) is 24.3 Å². The molecule has 1 aromatic heterocycles. The molecule has 3 aromatic carbocycles. The maximum absolute atomic E-state index is 12.7. The Morgan fingerprint density at radius 3 is 2.50 bits per heavy atom. The summed E-state index contributed by atoms with van der Waals surface area (Å²) >= 11 is 0. The second-order valence-corrected chi connectivity index (χ2v) is 7.49. The highest BCUT2D eigenvalue weighted by atomic mass is 16.5. The second-order valence-electron chi connectivity index (χ2n) is 7.49. The Morgan fingerprint density at radius 2 is 1.69 bits per heavy atom. The first-order valence-corrected chi connectivity index (χ1v) is 10.3. The Bertz CT molecular complexity index is 1310. The number of anilines is 1. The molecular formula is C26H23N3O3. The van der Waals surface area contributed by atoms with Crippen LogP contribution in [0.3, 0.4) is 0 Å². The van der Waals surface area contributed by atoms with Crippen molar-refractivity contribution in [2.75, 3.05) is 5.32 Å². The molecule has 0 bridgehead atoms. The first-order valence-electron chi connectivity index (χ1n) is 10.3. The van der Waals surface area contributed by atoms with Crippen molar-refractivity contribution in [2.45, 2.75) is 20.4 Å². The van der Waals surface area contributed by atoms with Gasteiger partial charge in [0, 0.05) is 11.6 Å². The van der Waals surface area contributed by atoms with Crippen LogP contribution in [0.2, 0.25) is 0 Å². The fourth-order valence-electron chi connectivity index (χ4n) is 3.32. The minimum Gasteiger partial charge on any atom is -0.455 e. The van der Waals surface area contributed by atoms with Crippen molar-refractivity contribution < 1.29 is 9.53 Å². The fraction of sp³-hybridized carbons (Fsp3) is 0.115. The lowest BCUT2D eigenvalue weighted by molar-refractivity contribution is -0.117. The van der Waals surface area contributed by atoms with E-state index in [1.165, 1.54) is 10.7 Å². The van der Waals surface area contributed by atoms with E-state index in [9.17, 15) is 9.59 Å². The van der Waals surface area contributed by atoms with Gasteiger partial charge in [0.05, 0.1) is 11.4 Å². The van der Waals surface area contributed by atoms with Crippen LogP contribution in [-0.4, -0.2) is 15.7 Å². The standard InChI is InChI=1S/C26H23N3O3/c1-18-12-13-19(2)21(16-18)22-14-15-26(31)29(28-22)17-25(30)27-23-10-6-7-11-24(23)32-20-8-4-3-5-9-20/h3-16H,17H2,1-2H3,(H,27,30). The van der Waals surface area contributed by atoms with Gasteiger partial charge in [-0.15, -0.1) is 0 Å². The van der Waals surface area contributed by atoms with Gasteiger partial charge in [-0.05, 0) is 55.8 Å². The largest absolute Gasteiger partial charge is 0.455 e. The minimum atomic E-state index is -0.373. The van der Waals surface area contributed by atoms with Crippen molar-refractivity contribution in [1.29, 1.82) is 0 Å². The van der Waals surface area contributed by atoms with Crippen LogP contribution in [0.1, 0.15) is 11.1 Å². The molecule has 0 spiro atoms. The van der Waals surface area contributed by atoms with Gasteiger partial charge in [0.1, 0.15) is 12.3 Å². The molecule has 4 rings (SSSR count). The summed E-state index contributed by atoms with van der Waals surface area (Å²) in [6.45, 7) is 3.78. The monoisotopic (exact) mass is 425 g/mol. The van der Waals surface area contributed by atoms with Crippen molar-refractivity contribution in [3.63, 3.8) is 0 Å². The first kappa shape index (κ1) is 21.1. The van der Waals surface area contributed by atoms with Gasteiger partial charge in [0.25, 0.3) is 5.56 Å². The van der Waals surface area contributed by atoms with E-state index < -0.39 is 0 Å². The number of benzene rings is 3. The fourth-order valence-corrected chi connectivity index (χ4v) is 3.32. The summed E-state index contributed by atoms with van der Waals surface area (Å²) in [5, 5.41) is 7.25. The van der Waals surface area contributed by atoms with E-state index in [0.717, 1.165) is 16.7 Å². The molecule has 0 saturated carbocycles. The molecule has 1 amide bonds. The topological polar surface area (TPSA) is 73.2 Å². The summed E-state index contributed by atoms with van der Waals surface area (Å²) in [6, 6.07) is 25.6. The summed E-state index contributed by atoms with van der Waals surface area (Å²) < 4.78 is 7.06. The van der Waals surface area contributed by atoms with E-state index in [0.29, 0.717) is 22.9 Å². The number of ether oxygens (including phenoxy) is 1. The van der Waals surface area contributed by atoms with Crippen LogP contribution in [0.4, 0.5) is 5.69 Å². The molecule has 1 heterocycles. The number of para-hydroxylation sites is 3. The maximum Gasteiger partial charge on any atom is 0.267 e.